The van der Waals surface area contributed by atoms with Crippen LogP contribution in [0.5, 0.6) is 0 Å². The van der Waals surface area contributed by atoms with E-state index in [0.29, 0.717) is 18.5 Å². The van der Waals surface area contributed by atoms with Crippen molar-refractivity contribution in [2.75, 3.05) is 13.2 Å². The molecule has 15 heavy (non-hydrogen) atoms. The van der Waals surface area contributed by atoms with Gasteiger partial charge in [0.15, 0.2) is 0 Å². The van der Waals surface area contributed by atoms with Gasteiger partial charge in [0.05, 0.1) is 0 Å². The summed E-state index contributed by atoms with van der Waals surface area (Å²) < 4.78 is 0. The molecular formula is C11H14BrNO2. The van der Waals surface area contributed by atoms with Crippen LogP contribution in [0.1, 0.15) is 22.3 Å². The maximum Gasteiger partial charge on any atom is 0.251 e. The number of carbonyl (C=O) groups excluding carboxylic acids is 1. The fourth-order valence-corrected chi connectivity index (χ4v) is 1.53. The van der Waals surface area contributed by atoms with Gasteiger partial charge >= 0.3 is 0 Å². The first-order valence-corrected chi connectivity index (χ1v) is 5.94. The normalized spacial score (nSPS) is 10.0. The van der Waals surface area contributed by atoms with Gasteiger partial charge in [-0.25, -0.2) is 0 Å². The standard InChI is InChI=1S/C11H14BrNO2/c12-8-9-3-1-4-10(7-9)11(15)13-5-2-6-14/h1,3-4,7,14H,2,5-6,8H2,(H,13,15). The summed E-state index contributed by atoms with van der Waals surface area (Å²) in [6, 6.07) is 7.44. The highest BCUT2D eigenvalue weighted by Gasteiger charge is 2.04. The van der Waals surface area contributed by atoms with Gasteiger partial charge in [0.25, 0.3) is 5.91 Å². The molecule has 0 saturated carbocycles. The Kier molecular flexibility index (Phi) is 5.36. The highest BCUT2D eigenvalue weighted by Crippen LogP contribution is 2.08. The van der Waals surface area contributed by atoms with Crippen LogP contribution in [0.4, 0.5) is 0 Å². The molecule has 0 saturated heterocycles. The van der Waals surface area contributed by atoms with E-state index in [1.165, 1.54) is 0 Å². The highest BCUT2D eigenvalue weighted by atomic mass is 79.9. The van der Waals surface area contributed by atoms with Gasteiger partial charge in [0.1, 0.15) is 0 Å². The zero-order chi connectivity index (χ0) is 11.1. The van der Waals surface area contributed by atoms with Crippen LogP contribution in [0.2, 0.25) is 0 Å². The summed E-state index contributed by atoms with van der Waals surface area (Å²) in [6.07, 6.45) is 0.587. The third-order valence-electron chi connectivity index (χ3n) is 1.96. The van der Waals surface area contributed by atoms with Crippen LogP contribution in [0.3, 0.4) is 0 Å². The van der Waals surface area contributed by atoms with Crippen molar-refractivity contribution in [1.29, 1.82) is 0 Å². The summed E-state index contributed by atoms with van der Waals surface area (Å²) >= 11 is 3.34. The molecule has 0 aliphatic carbocycles. The van der Waals surface area contributed by atoms with E-state index in [9.17, 15) is 4.79 Å². The Morgan fingerprint density at radius 2 is 2.27 bits per heavy atom. The molecule has 0 fully saturated rings. The molecule has 0 bridgehead atoms. The lowest BCUT2D eigenvalue weighted by Crippen LogP contribution is -2.25. The minimum Gasteiger partial charge on any atom is -0.396 e. The quantitative estimate of drug-likeness (QED) is 0.633. The average molecular weight is 272 g/mol. The maximum absolute atomic E-state index is 11.6. The molecule has 0 aliphatic rings. The number of carbonyl (C=O) groups is 1. The van der Waals surface area contributed by atoms with Crippen molar-refractivity contribution in [3.05, 3.63) is 35.4 Å². The van der Waals surface area contributed by atoms with Crippen molar-refractivity contribution in [3.63, 3.8) is 0 Å². The van der Waals surface area contributed by atoms with E-state index in [0.717, 1.165) is 10.9 Å². The average Bonchev–Trinajstić information content (AvgIpc) is 2.29. The molecule has 1 amide bonds. The van der Waals surface area contributed by atoms with Crippen LogP contribution in [0, 0.1) is 0 Å². The number of aliphatic hydroxyl groups excluding tert-OH is 1. The summed E-state index contributed by atoms with van der Waals surface area (Å²) in [5, 5.41) is 12.1. The van der Waals surface area contributed by atoms with Gasteiger partial charge < -0.3 is 10.4 Å². The minimum atomic E-state index is -0.0914. The Hall–Kier alpha value is -0.870. The van der Waals surface area contributed by atoms with E-state index in [1.807, 2.05) is 18.2 Å². The van der Waals surface area contributed by atoms with Crippen molar-refractivity contribution in [1.82, 2.24) is 5.32 Å². The molecule has 0 heterocycles. The van der Waals surface area contributed by atoms with Gasteiger partial charge in [-0.15, -0.1) is 0 Å². The van der Waals surface area contributed by atoms with Crippen LogP contribution < -0.4 is 5.32 Å². The number of halogens is 1. The zero-order valence-corrected chi connectivity index (χ0v) is 9.96. The predicted octanol–water partition coefficient (Wildman–Crippen LogP) is 1.69. The first kappa shape index (κ1) is 12.2. The Balaban J connectivity index is 2.57. The second kappa shape index (κ2) is 6.58. The second-order valence-corrected chi connectivity index (χ2v) is 3.73. The van der Waals surface area contributed by atoms with E-state index < -0.39 is 0 Å². The van der Waals surface area contributed by atoms with Crippen LogP contribution >= 0.6 is 15.9 Å². The van der Waals surface area contributed by atoms with Gasteiger partial charge in [0.2, 0.25) is 0 Å². The fourth-order valence-electron chi connectivity index (χ4n) is 1.18. The number of hydrogen-bond acceptors (Lipinski definition) is 2. The molecule has 0 radical (unpaired) electrons. The molecule has 1 aromatic carbocycles. The van der Waals surface area contributed by atoms with Crippen molar-refractivity contribution < 1.29 is 9.90 Å². The topological polar surface area (TPSA) is 49.3 Å². The molecule has 3 nitrogen and oxygen atoms in total. The van der Waals surface area contributed by atoms with Gasteiger partial charge in [-0.3, -0.25) is 4.79 Å². The van der Waals surface area contributed by atoms with Crippen LogP contribution in [0.15, 0.2) is 24.3 Å². The molecule has 82 valence electrons. The highest BCUT2D eigenvalue weighted by molar-refractivity contribution is 9.08. The third-order valence-corrected chi connectivity index (χ3v) is 2.61. The number of alkyl halides is 1. The number of aliphatic hydroxyl groups is 1. The predicted molar refractivity (Wildman–Crippen MR) is 63.1 cm³/mol. The molecule has 0 aromatic heterocycles. The largest absolute Gasteiger partial charge is 0.396 e. The molecule has 0 atom stereocenters. The monoisotopic (exact) mass is 271 g/mol. The summed E-state index contributed by atoms with van der Waals surface area (Å²) in [5.41, 5.74) is 1.73. The SMILES string of the molecule is O=C(NCCCO)c1cccc(CBr)c1. The molecule has 2 N–H and O–H groups in total. The summed E-state index contributed by atoms with van der Waals surface area (Å²) in [5.74, 6) is -0.0914. The number of amides is 1. The van der Waals surface area contributed by atoms with Gasteiger partial charge in [-0.2, -0.15) is 0 Å². The van der Waals surface area contributed by atoms with Gasteiger partial charge in [0, 0.05) is 24.0 Å². The van der Waals surface area contributed by atoms with Gasteiger partial charge in [-0.1, -0.05) is 28.1 Å². The lowest BCUT2D eigenvalue weighted by atomic mass is 10.1. The fraction of sp³-hybridized carbons (Fsp3) is 0.364. The molecule has 0 unspecified atom stereocenters. The molecule has 1 aromatic rings. The van der Waals surface area contributed by atoms with E-state index >= 15 is 0 Å². The van der Waals surface area contributed by atoms with Crippen molar-refractivity contribution in [2.24, 2.45) is 0 Å². The lowest BCUT2D eigenvalue weighted by Gasteiger charge is -2.04. The summed E-state index contributed by atoms with van der Waals surface area (Å²) in [7, 11) is 0. The Morgan fingerprint density at radius 1 is 1.47 bits per heavy atom. The molecule has 4 heteroatoms. The van der Waals surface area contributed by atoms with Crippen molar-refractivity contribution in [2.45, 2.75) is 11.8 Å². The Labute approximate surface area is 97.6 Å². The number of benzene rings is 1. The first-order valence-electron chi connectivity index (χ1n) is 4.82. The number of nitrogens with one attached hydrogen (secondary N) is 1. The van der Waals surface area contributed by atoms with E-state index in [-0.39, 0.29) is 12.5 Å². The van der Waals surface area contributed by atoms with Crippen LogP contribution in [-0.4, -0.2) is 24.2 Å². The summed E-state index contributed by atoms with van der Waals surface area (Å²) in [6.45, 7) is 0.607. The van der Waals surface area contributed by atoms with Crippen LogP contribution in [-0.2, 0) is 5.33 Å². The first-order chi connectivity index (χ1) is 7.27. The number of rotatable bonds is 5. The molecule has 1 rings (SSSR count). The maximum atomic E-state index is 11.6. The van der Waals surface area contributed by atoms with E-state index in [2.05, 4.69) is 21.2 Å². The smallest absolute Gasteiger partial charge is 0.251 e. The second-order valence-electron chi connectivity index (χ2n) is 3.17. The van der Waals surface area contributed by atoms with Crippen molar-refractivity contribution in [3.8, 4) is 0 Å². The van der Waals surface area contributed by atoms with Crippen LogP contribution in [0.25, 0.3) is 0 Å². The van der Waals surface area contributed by atoms with Gasteiger partial charge in [-0.05, 0) is 24.1 Å². The number of hydrogen-bond donors (Lipinski definition) is 2. The zero-order valence-electron chi connectivity index (χ0n) is 8.37. The third kappa shape index (κ3) is 4.01. The summed E-state index contributed by atoms with van der Waals surface area (Å²) in [4.78, 5) is 11.6. The Morgan fingerprint density at radius 3 is 2.93 bits per heavy atom. The minimum absolute atomic E-state index is 0.0914. The van der Waals surface area contributed by atoms with Crippen molar-refractivity contribution >= 4 is 21.8 Å². The van der Waals surface area contributed by atoms with E-state index in [4.69, 9.17) is 5.11 Å². The molecule has 0 aliphatic heterocycles. The van der Waals surface area contributed by atoms with E-state index in [1.54, 1.807) is 6.07 Å². The Bertz CT molecular complexity index is 328. The molecular weight excluding hydrogens is 258 g/mol. The molecule has 0 spiro atoms. The lowest BCUT2D eigenvalue weighted by molar-refractivity contribution is 0.0951.